The number of unbranched alkanes of at least 4 members (excludes halogenated alkanes) is 1. The van der Waals surface area contributed by atoms with Crippen LogP contribution in [0.5, 0.6) is 0 Å². The molecule has 1 heterocycles. The molecule has 2 rings (SSSR count). The molecule has 2 fully saturated rings. The first kappa shape index (κ1) is 17.3. The number of rotatable bonds is 7. The van der Waals surface area contributed by atoms with Gasteiger partial charge in [0, 0.05) is 13.1 Å². The van der Waals surface area contributed by atoms with Crippen molar-refractivity contribution in [3.8, 4) is 0 Å². The van der Waals surface area contributed by atoms with Crippen LogP contribution in [-0.2, 0) is 9.59 Å². The van der Waals surface area contributed by atoms with Gasteiger partial charge in [0.05, 0.1) is 6.04 Å². The molecule has 1 unspecified atom stereocenters. The van der Waals surface area contributed by atoms with Gasteiger partial charge in [-0.2, -0.15) is 0 Å². The van der Waals surface area contributed by atoms with Crippen LogP contribution in [0.25, 0.3) is 0 Å². The Morgan fingerprint density at radius 3 is 2.59 bits per heavy atom. The summed E-state index contributed by atoms with van der Waals surface area (Å²) in [6.07, 6.45) is 11.5. The van der Waals surface area contributed by atoms with E-state index in [0.29, 0.717) is 12.5 Å². The Balaban J connectivity index is 1.78. The maximum Gasteiger partial charge on any atom is 0.312 e. The fraction of sp³-hybridized carbons (Fsp3) is 0.889. The first-order valence-corrected chi connectivity index (χ1v) is 9.22. The quantitative estimate of drug-likeness (QED) is 0.580. The highest BCUT2D eigenvalue weighted by molar-refractivity contribution is 6.35. The lowest BCUT2D eigenvalue weighted by molar-refractivity contribution is -0.151. The zero-order valence-corrected chi connectivity index (χ0v) is 14.3. The maximum absolute atomic E-state index is 12.2. The lowest BCUT2D eigenvalue weighted by atomic mass is 9.86. The number of amides is 2. The van der Waals surface area contributed by atoms with Crippen molar-refractivity contribution < 1.29 is 9.59 Å². The van der Waals surface area contributed by atoms with Crippen LogP contribution >= 0.6 is 0 Å². The van der Waals surface area contributed by atoms with E-state index in [-0.39, 0.29) is 11.9 Å². The van der Waals surface area contributed by atoms with Gasteiger partial charge < -0.3 is 10.2 Å². The molecule has 4 heteroatoms. The third-order valence-corrected chi connectivity index (χ3v) is 5.61. The van der Waals surface area contributed by atoms with Crippen LogP contribution in [0, 0.1) is 11.8 Å². The molecule has 0 spiro atoms. The summed E-state index contributed by atoms with van der Waals surface area (Å²) in [5, 5.41) is 2.74. The average molecular weight is 308 g/mol. The fourth-order valence-corrected chi connectivity index (χ4v) is 3.90. The third-order valence-electron chi connectivity index (χ3n) is 5.61. The number of hydrogen-bond donors (Lipinski definition) is 1. The lowest BCUT2D eigenvalue weighted by Crippen LogP contribution is -2.60. The van der Waals surface area contributed by atoms with E-state index < -0.39 is 5.91 Å². The van der Waals surface area contributed by atoms with Crippen LogP contribution in [0.3, 0.4) is 0 Å². The Hall–Kier alpha value is -1.06. The van der Waals surface area contributed by atoms with Crippen molar-refractivity contribution in [3.63, 3.8) is 0 Å². The molecule has 0 aromatic carbocycles. The Bertz CT molecular complexity index is 377. The minimum atomic E-state index is -0.424. The average Bonchev–Trinajstić information content (AvgIpc) is 2.55. The van der Waals surface area contributed by atoms with Crippen molar-refractivity contribution >= 4 is 11.8 Å². The molecule has 2 aliphatic rings. The SMILES string of the molecule is CCC(C)[C@H]1CNC(=O)C(=O)N1CCCCC1CCCCC1. The summed E-state index contributed by atoms with van der Waals surface area (Å²) in [5.74, 6) is 0.586. The minimum Gasteiger partial charge on any atom is -0.346 e. The van der Waals surface area contributed by atoms with E-state index in [4.69, 9.17) is 0 Å². The molecule has 1 saturated heterocycles. The Morgan fingerprint density at radius 1 is 1.18 bits per heavy atom. The van der Waals surface area contributed by atoms with Crippen LogP contribution in [0.4, 0.5) is 0 Å². The molecule has 1 N–H and O–H groups in total. The van der Waals surface area contributed by atoms with Gasteiger partial charge in [0.2, 0.25) is 0 Å². The molecule has 2 amide bonds. The van der Waals surface area contributed by atoms with E-state index in [9.17, 15) is 9.59 Å². The summed E-state index contributed by atoms with van der Waals surface area (Å²) in [5.41, 5.74) is 0. The molecule has 0 aromatic heterocycles. The minimum absolute atomic E-state index is 0.171. The molecular formula is C18H32N2O2. The van der Waals surface area contributed by atoms with E-state index in [1.807, 2.05) is 4.90 Å². The number of nitrogens with zero attached hydrogens (tertiary/aromatic N) is 1. The van der Waals surface area contributed by atoms with Gasteiger partial charge in [0.25, 0.3) is 0 Å². The van der Waals surface area contributed by atoms with E-state index in [1.165, 1.54) is 44.9 Å². The molecular weight excluding hydrogens is 276 g/mol. The number of hydrogen-bond acceptors (Lipinski definition) is 2. The highest BCUT2D eigenvalue weighted by Gasteiger charge is 2.35. The monoisotopic (exact) mass is 308 g/mol. The van der Waals surface area contributed by atoms with Gasteiger partial charge in [-0.1, -0.05) is 65.2 Å². The van der Waals surface area contributed by atoms with Gasteiger partial charge in [-0.15, -0.1) is 0 Å². The highest BCUT2D eigenvalue weighted by Crippen LogP contribution is 2.28. The molecule has 1 aliphatic carbocycles. The Kier molecular flexibility index (Phi) is 6.71. The van der Waals surface area contributed by atoms with Crippen molar-refractivity contribution in [1.82, 2.24) is 10.2 Å². The van der Waals surface area contributed by atoms with Gasteiger partial charge in [-0.3, -0.25) is 9.59 Å². The molecule has 0 radical (unpaired) electrons. The Morgan fingerprint density at radius 2 is 1.91 bits per heavy atom. The summed E-state index contributed by atoms with van der Waals surface area (Å²) in [6, 6.07) is 0.171. The van der Waals surface area contributed by atoms with Crippen LogP contribution in [0.2, 0.25) is 0 Å². The zero-order chi connectivity index (χ0) is 15.9. The number of nitrogens with one attached hydrogen (secondary N) is 1. The van der Waals surface area contributed by atoms with Gasteiger partial charge >= 0.3 is 11.8 Å². The summed E-state index contributed by atoms with van der Waals surface area (Å²) in [4.78, 5) is 25.6. The zero-order valence-electron chi connectivity index (χ0n) is 14.3. The van der Waals surface area contributed by atoms with E-state index in [1.54, 1.807) is 0 Å². The highest BCUT2D eigenvalue weighted by atomic mass is 16.2. The maximum atomic E-state index is 12.2. The van der Waals surface area contributed by atoms with Gasteiger partial charge in [0.15, 0.2) is 0 Å². The second-order valence-electron chi connectivity index (χ2n) is 7.16. The molecule has 2 atom stereocenters. The number of piperazine rings is 1. The molecule has 22 heavy (non-hydrogen) atoms. The van der Waals surface area contributed by atoms with Crippen LogP contribution in [0.1, 0.15) is 71.6 Å². The predicted octanol–water partition coefficient (Wildman–Crippen LogP) is 3.11. The molecule has 0 bridgehead atoms. The van der Waals surface area contributed by atoms with Crippen molar-refractivity contribution in [2.45, 2.75) is 77.7 Å². The van der Waals surface area contributed by atoms with Crippen LogP contribution in [0.15, 0.2) is 0 Å². The lowest BCUT2D eigenvalue weighted by Gasteiger charge is -2.38. The molecule has 4 nitrogen and oxygen atoms in total. The van der Waals surface area contributed by atoms with Gasteiger partial charge in [0.1, 0.15) is 0 Å². The van der Waals surface area contributed by atoms with E-state index >= 15 is 0 Å². The molecule has 1 saturated carbocycles. The summed E-state index contributed by atoms with van der Waals surface area (Å²) in [6.45, 7) is 5.67. The van der Waals surface area contributed by atoms with Crippen molar-refractivity contribution in [2.75, 3.05) is 13.1 Å². The van der Waals surface area contributed by atoms with Crippen LogP contribution in [-0.4, -0.2) is 35.8 Å². The fourth-order valence-electron chi connectivity index (χ4n) is 3.90. The first-order chi connectivity index (χ1) is 10.6. The van der Waals surface area contributed by atoms with E-state index in [2.05, 4.69) is 19.2 Å². The topological polar surface area (TPSA) is 49.4 Å². The first-order valence-electron chi connectivity index (χ1n) is 9.22. The molecule has 0 aromatic rings. The van der Waals surface area contributed by atoms with Gasteiger partial charge in [-0.05, 0) is 18.3 Å². The summed E-state index contributed by atoms with van der Waals surface area (Å²) >= 11 is 0. The standard InChI is InChI=1S/C18H32N2O2/c1-3-14(2)16-13-19-17(21)18(22)20(16)12-8-7-11-15-9-5-4-6-10-15/h14-16H,3-13H2,1-2H3,(H,19,21)/t14?,16-/m1/s1. The Labute approximate surface area is 135 Å². The normalized spacial score (nSPS) is 25.2. The number of carbonyl (C=O) groups excluding carboxylic acids is 2. The third kappa shape index (κ3) is 4.47. The molecule has 1 aliphatic heterocycles. The second-order valence-corrected chi connectivity index (χ2v) is 7.16. The van der Waals surface area contributed by atoms with Crippen molar-refractivity contribution in [1.29, 1.82) is 0 Å². The summed E-state index contributed by atoms with van der Waals surface area (Å²) in [7, 11) is 0. The van der Waals surface area contributed by atoms with Crippen molar-refractivity contribution in [3.05, 3.63) is 0 Å². The van der Waals surface area contributed by atoms with Crippen LogP contribution < -0.4 is 5.32 Å². The second kappa shape index (κ2) is 8.54. The molecule has 126 valence electrons. The number of carbonyl (C=O) groups is 2. The van der Waals surface area contributed by atoms with Crippen molar-refractivity contribution in [2.24, 2.45) is 11.8 Å². The predicted molar refractivity (Wildman–Crippen MR) is 88.4 cm³/mol. The largest absolute Gasteiger partial charge is 0.346 e. The van der Waals surface area contributed by atoms with E-state index in [0.717, 1.165) is 25.3 Å². The smallest absolute Gasteiger partial charge is 0.312 e. The summed E-state index contributed by atoms with van der Waals surface area (Å²) < 4.78 is 0. The van der Waals surface area contributed by atoms with Gasteiger partial charge in [-0.25, -0.2) is 0 Å².